The van der Waals surface area contributed by atoms with Gasteiger partial charge in [0, 0.05) is 17.2 Å². The monoisotopic (exact) mass is 543 g/mol. The number of nitrogens with one attached hydrogen (secondary N) is 1. The van der Waals surface area contributed by atoms with Crippen molar-refractivity contribution in [2.75, 3.05) is 6.61 Å². The number of hydrogen-bond donors (Lipinski definition) is 6. The summed E-state index contributed by atoms with van der Waals surface area (Å²) >= 11 is 4.84. The summed E-state index contributed by atoms with van der Waals surface area (Å²) < 4.78 is 65.4. The van der Waals surface area contributed by atoms with Gasteiger partial charge in [-0.25, -0.2) is 18.1 Å². The summed E-state index contributed by atoms with van der Waals surface area (Å²) in [4.78, 5) is 51.3. The van der Waals surface area contributed by atoms with E-state index < -0.39 is 59.9 Å². The molecule has 6 atom stereocenters. The number of aromatic amines is 1. The van der Waals surface area contributed by atoms with E-state index in [1.165, 1.54) is 0 Å². The van der Waals surface area contributed by atoms with Crippen LogP contribution in [0.3, 0.4) is 0 Å². The Kier molecular flexibility index (Phi) is 7.99. The van der Waals surface area contributed by atoms with Crippen LogP contribution in [-0.4, -0.2) is 58.8 Å². The second-order valence-electron chi connectivity index (χ2n) is 5.81. The minimum Gasteiger partial charge on any atom is -0.387 e. The van der Waals surface area contributed by atoms with Crippen LogP contribution in [0, 0.1) is 4.77 Å². The van der Waals surface area contributed by atoms with Crippen LogP contribution in [0.2, 0.25) is 0 Å². The van der Waals surface area contributed by atoms with Crippen LogP contribution < -0.4 is 5.56 Å². The molecule has 1 aliphatic rings. The molecule has 1 aromatic rings. The highest BCUT2D eigenvalue weighted by atomic mass is 32.1. The number of H-pyrrole nitrogens is 1. The fraction of sp³-hybridized carbons (Fsp3) is 0.556. The predicted molar refractivity (Wildman–Crippen MR) is 98.6 cm³/mol. The number of nitrogens with zero attached hydrogens (tertiary/aromatic N) is 4. The first-order valence-electron chi connectivity index (χ1n) is 7.67. The normalized spacial score (nSPS) is 29.6. The van der Waals surface area contributed by atoms with Crippen molar-refractivity contribution in [1.29, 1.82) is 0 Å². The molecule has 1 fully saturated rings. The molecule has 18 nitrogen and oxygen atoms in total. The van der Waals surface area contributed by atoms with Crippen molar-refractivity contribution < 1.29 is 60.6 Å². The van der Waals surface area contributed by atoms with Gasteiger partial charge >= 0.3 is 23.5 Å². The molecule has 0 amide bonds. The Morgan fingerprint density at radius 2 is 1.94 bits per heavy atom. The smallest absolute Gasteiger partial charge is 0.387 e. The van der Waals surface area contributed by atoms with Crippen molar-refractivity contribution in [3.8, 4) is 0 Å². The summed E-state index contributed by atoms with van der Waals surface area (Å²) in [6, 6.07) is 0.915. The molecule has 23 heteroatoms. The number of aliphatic hydroxyl groups excluding tert-OH is 1. The maximum absolute atomic E-state index is 14.7. The van der Waals surface area contributed by atoms with Crippen LogP contribution in [0.25, 0.3) is 10.4 Å². The molecule has 32 heavy (non-hydrogen) atoms. The van der Waals surface area contributed by atoms with E-state index in [9.17, 15) is 32.9 Å². The van der Waals surface area contributed by atoms with Gasteiger partial charge in [0.15, 0.2) is 17.2 Å². The number of aromatic nitrogens is 2. The molecule has 0 aliphatic carbocycles. The number of phosphoric ester groups is 1. The Balaban J connectivity index is 2.28. The molecule has 0 saturated carbocycles. The van der Waals surface area contributed by atoms with Gasteiger partial charge in [-0.05, 0) is 17.7 Å². The van der Waals surface area contributed by atoms with Gasteiger partial charge in [0.25, 0.3) is 5.56 Å². The average molecular weight is 543 g/mol. The minimum atomic E-state index is -5.87. The molecule has 180 valence electrons. The highest BCUT2D eigenvalue weighted by molar-refractivity contribution is 7.71. The Hall–Kier alpha value is -1.33. The molecule has 1 saturated heterocycles. The summed E-state index contributed by atoms with van der Waals surface area (Å²) in [6.07, 6.45) is -5.66. The lowest BCUT2D eigenvalue weighted by Crippen LogP contribution is -2.44. The van der Waals surface area contributed by atoms with E-state index in [-0.39, 0.29) is 4.77 Å². The zero-order valence-electron chi connectivity index (χ0n) is 15.0. The van der Waals surface area contributed by atoms with Crippen molar-refractivity contribution in [3.05, 3.63) is 37.8 Å². The lowest BCUT2D eigenvalue weighted by Gasteiger charge is -2.27. The standard InChI is InChI=1S/C9H13FN5O13P3S/c10-5-6(17)9(13-14-11,26-7(5)15-2-1-4(16)12-8(15)32)3-25-30(21,22)28-31(23,24)27-29(18,19)20/h1-2,5-7,17H,3H2,(H,21,22)(H,23,24)(H,12,16,32)(H2,18,19,20)/t5?,6-,7-,9-/m1/s1. The number of rotatable bonds is 9. The van der Waals surface area contributed by atoms with Gasteiger partial charge < -0.3 is 29.4 Å². The van der Waals surface area contributed by atoms with Crippen LogP contribution >= 0.6 is 35.7 Å². The molecule has 0 spiro atoms. The quantitative estimate of drug-likeness (QED) is 0.0813. The summed E-state index contributed by atoms with van der Waals surface area (Å²) in [5.74, 6) is 0. The average Bonchev–Trinajstić information content (AvgIpc) is 2.83. The van der Waals surface area contributed by atoms with E-state index in [2.05, 4.69) is 28.2 Å². The Bertz CT molecular complexity index is 1180. The zero-order chi connectivity index (χ0) is 24.5. The minimum absolute atomic E-state index is 0.373. The largest absolute Gasteiger partial charge is 0.490 e. The fourth-order valence-electron chi connectivity index (χ4n) is 2.37. The lowest BCUT2D eigenvalue weighted by molar-refractivity contribution is -0.122. The van der Waals surface area contributed by atoms with Gasteiger partial charge in [-0.1, -0.05) is 5.11 Å². The van der Waals surface area contributed by atoms with E-state index in [4.69, 9.17) is 37.2 Å². The number of ether oxygens (including phenoxy) is 1. The van der Waals surface area contributed by atoms with E-state index in [0.29, 0.717) is 0 Å². The Morgan fingerprint density at radius 1 is 1.31 bits per heavy atom. The first-order valence-corrected chi connectivity index (χ1v) is 12.6. The van der Waals surface area contributed by atoms with Crippen LogP contribution in [0.1, 0.15) is 6.23 Å². The second kappa shape index (κ2) is 9.50. The van der Waals surface area contributed by atoms with Gasteiger partial charge in [0.2, 0.25) is 5.72 Å². The van der Waals surface area contributed by atoms with Crippen molar-refractivity contribution in [1.82, 2.24) is 9.55 Å². The van der Waals surface area contributed by atoms with Gasteiger partial charge in [-0.3, -0.25) is 18.9 Å². The maximum Gasteiger partial charge on any atom is 0.490 e. The van der Waals surface area contributed by atoms with Crippen LogP contribution in [0.15, 0.2) is 22.2 Å². The number of alkyl halides is 1. The first kappa shape index (κ1) is 26.9. The highest BCUT2D eigenvalue weighted by Gasteiger charge is 2.57. The van der Waals surface area contributed by atoms with E-state index in [1.807, 2.05) is 0 Å². The van der Waals surface area contributed by atoms with Crippen molar-refractivity contribution >= 4 is 35.7 Å². The Morgan fingerprint density at radius 3 is 2.47 bits per heavy atom. The van der Waals surface area contributed by atoms with Gasteiger partial charge in [0.1, 0.15) is 6.10 Å². The summed E-state index contributed by atoms with van der Waals surface area (Å²) in [5.41, 5.74) is 5.32. The van der Waals surface area contributed by atoms with Crippen molar-refractivity contribution in [3.63, 3.8) is 0 Å². The molecule has 0 aromatic carbocycles. The molecule has 0 radical (unpaired) electrons. The third-order valence-corrected chi connectivity index (χ3v) is 7.65. The van der Waals surface area contributed by atoms with Crippen LogP contribution in [-0.2, 0) is 31.6 Å². The second-order valence-corrected chi connectivity index (χ2v) is 10.6. The number of phosphoric acid groups is 3. The predicted octanol–water partition coefficient (Wildman–Crippen LogP) is 0.484. The highest BCUT2D eigenvalue weighted by Crippen LogP contribution is 2.66. The summed E-state index contributed by atoms with van der Waals surface area (Å²) in [5, 5.41) is 13.2. The molecule has 0 bridgehead atoms. The Labute approximate surface area is 180 Å². The molecule has 1 aromatic heterocycles. The van der Waals surface area contributed by atoms with Gasteiger partial charge in [-0.2, -0.15) is 8.62 Å². The van der Waals surface area contributed by atoms with Gasteiger partial charge in [0.05, 0.1) is 6.61 Å². The molecule has 6 N–H and O–H groups in total. The van der Waals surface area contributed by atoms with Crippen molar-refractivity contribution in [2.45, 2.75) is 24.2 Å². The van der Waals surface area contributed by atoms with E-state index >= 15 is 0 Å². The SMILES string of the molecule is [N-]=[N+]=N[C@]1(COP(=O)(O)OP(=O)(O)OP(=O)(O)O)O[C@@H](n2ccc(=O)[nH]c2=S)C(F)[C@H]1O. The maximum atomic E-state index is 14.7. The number of halogens is 1. The fourth-order valence-corrected chi connectivity index (χ4v) is 5.68. The molecule has 2 rings (SSSR count). The first-order chi connectivity index (χ1) is 14.5. The molecule has 1 aliphatic heterocycles. The number of aliphatic hydroxyl groups is 1. The number of azide groups is 1. The summed E-state index contributed by atoms with van der Waals surface area (Å²) in [6.45, 7) is -1.48. The van der Waals surface area contributed by atoms with Gasteiger partial charge in [-0.15, -0.1) is 0 Å². The lowest BCUT2D eigenvalue weighted by atomic mass is 10.1. The molecule has 3 unspecified atom stereocenters. The summed E-state index contributed by atoms with van der Waals surface area (Å²) in [7, 11) is -17.2. The third-order valence-electron chi connectivity index (χ3n) is 3.55. The van der Waals surface area contributed by atoms with Crippen LogP contribution in [0.5, 0.6) is 0 Å². The van der Waals surface area contributed by atoms with E-state index in [1.54, 1.807) is 0 Å². The molecular formula is C9H13FN5O13P3S. The number of hydrogen-bond acceptors (Lipinski definition) is 11. The topological polar surface area (TPSA) is 276 Å². The van der Waals surface area contributed by atoms with E-state index in [0.717, 1.165) is 16.8 Å². The van der Waals surface area contributed by atoms with Crippen LogP contribution in [0.4, 0.5) is 4.39 Å². The molecule has 2 heterocycles. The van der Waals surface area contributed by atoms with Crippen molar-refractivity contribution in [2.24, 2.45) is 5.11 Å². The zero-order valence-corrected chi connectivity index (χ0v) is 18.5. The third kappa shape index (κ3) is 6.60. The molecular weight excluding hydrogens is 530 g/mol.